The number of pyridine rings is 1. The van der Waals surface area contributed by atoms with Gasteiger partial charge in [-0.2, -0.15) is 0 Å². The molecule has 0 fully saturated rings. The van der Waals surface area contributed by atoms with Gasteiger partial charge in [0.05, 0.1) is 11.1 Å². The molecular formula is C23H19ClN2O2. The number of carbonyl (C=O) groups excluding carboxylic acids is 1. The minimum Gasteiger partial charge on any atom is -0.460 e. The second-order valence-corrected chi connectivity index (χ2v) is 7.14. The molecule has 0 aliphatic rings. The summed E-state index contributed by atoms with van der Waals surface area (Å²) in [6, 6.07) is 20.7. The van der Waals surface area contributed by atoms with Crippen LogP contribution >= 0.6 is 11.6 Å². The molecule has 2 aromatic carbocycles. The molecule has 2 heterocycles. The Hall–Kier alpha value is -3.11. The molecule has 0 atom stereocenters. The molecule has 5 heteroatoms. The van der Waals surface area contributed by atoms with Crippen LogP contribution in [0.3, 0.4) is 0 Å². The van der Waals surface area contributed by atoms with E-state index in [-0.39, 0.29) is 5.91 Å². The van der Waals surface area contributed by atoms with Gasteiger partial charge in [0.25, 0.3) is 5.91 Å². The molecule has 0 N–H and O–H groups in total. The van der Waals surface area contributed by atoms with E-state index < -0.39 is 0 Å². The number of hydrogen-bond acceptors (Lipinski definition) is 3. The molecule has 0 aliphatic carbocycles. The number of furan rings is 1. The van der Waals surface area contributed by atoms with E-state index >= 15 is 0 Å². The van der Waals surface area contributed by atoms with Crippen molar-refractivity contribution in [1.82, 2.24) is 9.88 Å². The average molecular weight is 391 g/mol. The average Bonchev–Trinajstić information content (AvgIpc) is 3.14. The lowest BCUT2D eigenvalue weighted by Crippen LogP contribution is -2.26. The molecule has 0 aliphatic heterocycles. The number of rotatable bonds is 4. The molecule has 0 radical (unpaired) electrons. The maximum absolute atomic E-state index is 13.3. The number of nitrogens with zero attached hydrogens (tertiary/aromatic N) is 2. The second kappa shape index (κ2) is 7.49. The van der Waals surface area contributed by atoms with Crippen LogP contribution in [0.1, 0.15) is 21.7 Å². The highest BCUT2D eigenvalue weighted by Crippen LogP contribution is 2.27. The second-order valence-electron chi connectivity index (χ2n) is 6.74. The van der Waals surface area contributed by atoms with Gasteiger partial charge in [-0.1, -0.05) is 48.0 Å². The van der Waals surface area contributed by atoms with Gasteiger partial charge in [-0.25, -0.2) is 4.98 Å². The van der Waals surface area contributed by atoms with E-state index in [1.807, 2.05) is 67.6 Å². The molecule has 4 nitrogen and oxygen atoms in total. The SMILES string of the molecule is Cc1ccc(-c2cc(C(=O)N(C)Cc3ccccc3Cl)c3ccccc3n2)o1. The monoisotopic (exact) mass is 390 g/mol. The Kier molecular flexibility index (Phi) is 4.88. The summed E-state index contributed by atoms with van der Waals surface area (Å²) < 4.78 is 5.72. The maximum Gasteiger partial charge on any atom is 0.254 e. The molecule has 0 spiro atoms. The Morgan fingerprint density at radius 3 is 2.57 bits per heavy atom. The molecule has 0 unspecified atom stereocenters. The van der Waals surface area contributed by atoms with Crippen molar-refractivity contribution in [2.45, 2.75) is 13.5 Å². The number of para-hydroxylation sites is 1. The molecular weight excluding hydrogens is 372 g/mol. The minimum atomic E-state index is -0.0944. The van der Waals surface area contributed by atoms with E-state index in [9.17, 15) is 4.79 Å². The molecule has 0 saturated heterocycles. The normalized spacial score (nSPS) is 11.0. The predicted molar refractivity (Wildman–Crippen MR) is 111 cm³/mol. The van der Waals surface area contributed by atoms with Gasteiger partial charge in [-0.15, -0.1) is 0 Å². The van der Waals surface area contributed by atoms with Crippen LogP contribution in [0.4, 0.5) is 0 Å². The van der Waals surface area contributed by atoms with Crippen molar-refractivity contribution < 1.29 is 9.21 Å². The number of hydrogen-bond donors (Lipinski definition) is 0. The molecule has 4 aromatic rings. The summed E-state index contributed by atoms with van der Waals surface area (Å²) in [5.41, 5.74) is 2.88. The van der Waals surface area contributed by atoms with Gasteiger partial charge in [0.2, 0.25) is 0 Å². The number of carbonyl (C=O) groups is 1. The fraction of sp³-hybridized carbons (Fsp3) is 0.130. The van der Waals surface area contributed by atoms with Gasteiger partial charge in [-0.05, 0) is 42.8 Å². The fourth-order valence-corrected chi connectivity index (χ4v) is 3.41. The van der Waals surface area contributed by atoms with Crippen LogP contribution in [-0.2, 0) is 6.54 Å². The first-order chi connectivity index (χ1) is 13.5. The van der Waals surface area contributed by atoms with Gasteiger partial charge in [-0.3, -0.25) is 4.79 Å². The minimum absolute atomic E-state index is 0.0944. The van der Waals surface area contributed by atoms with Crippen LogP contribution in [0, 0.1) is 6.92 Å². The Bertz CT molecular complexity index is 1170. The van der Waals surface area contributed by atoms with E-state index in [1.165, 1.54) is 0 Å². The van der Waals surface area contributed by atoms with E-state index in [0.717, 1.165) is 22.2 Å². The lowest BCUT2D eigenvalue weighted by molar-refractivity contribution is 0.0787. The van der Waals surface area contributed by atoms with Gasteiger partial charge in [0.15, 0.2) is 5.76 Å². The van der Waals surface area contributed by atoms with Crippen molar-refractivity contribution in [2.24, 2.45) is 0 Å². The molecule has 28 heavy (non-hydrogen) atoms. The van der Waals surface area contributed by atoms with Crippen LogP contribution in [0.25, 0.3) is 22.4 Å². The number of aromatic nitrogens is 1. The number of benzene rings is 2. The van der Waals surface area contributed by atoms with Crippen molar-refractivity contribution in [1.29, 1.82) is 0 Å². The van der Waals surface area contributed by atoms with Gasteiger partial charge < -0.3 is 9.32 Å². The first-order valence-electron chi connectivity index (χ1n) is 8.98. The zero-order valence-corrected chi connectivity index (χ0v) is 16.4. The zero-order chi connectivity index (χ0) is 19.7. The van der Waals surface area contributed by atoms with E-state index in [2.05, 4.69) is 4.98 Å². The molecule has 4 rings (SSSR count). The van der Waals surface area contributed by atoms with E-state index in [0.29, 0.717) is 28.6 Å². The van der Waals surface area contributed by atoms with Gasteiger partial charge >= 0.3 is 0 Å². The van der Waals surface area contributed by atoms with Crippen molar-refractivity contribution in [3.05, 3.63) is 88.6 Å². The van der Waals surface area contributed by atoms with Crippen LogP contribution in [-0.4, -0.2) is 22.8 Å². The molecule has 0 saturated carbocycles. The van der Waals surface area contributed by atoms with E-state index in [1.54, 1.807) is 18.0 Å². The predicted octanol–water partition coefficient (Wildman–Crippen LogP) is 5.73. The van der Waals surface area contributed by atoms with Crippen molar-refractivity contribution >= 4 is 28.4 Å². The zero-order valence-electron chi connectivity index (χ0n) is 15.6. The van der Waals surface area contributed by atoms with Crippen LogP contribution in [0.2, 0.25) is 5.02 Å². The number of halogens is 1. The van der Waals surface area contributed by atoms with Gasteiger partial charge in [0, 0.05) is 24.0 Å². The smallest absolute Gasteiger partial charge is 0.254 e. The lowest BCUT2D eigenvalue weighted by Gasteiger charge is -2.19. The summed E-state index contributed by atoms with van der Waals surface area (Å²) >= 11 is 6.26. The van der Waals surface area contributed by atoms with Crippen molar-refractivity contribution in [3.63, 3.8) is 0 Å². The summed E-state index contributed by atoms with van der Waals surface area (Å²) in [6.07, 6.45) is 0. The summed E-state index contributed by atoms with van der Waals surface area (Å²) in [5, 5.41) is 1.46. The Morgan fingerprint density at radius 1 is 1.07 bits per heavy atom. The number of amides is 1. The van der Waals surface area contributed by atoms with Crippen LogP contribution in [0.5, 0.6) is 0 Å². The first kappa shape index (κ1) is 18.3. The van der Waals surface area contributed by atoms with Crippen molar-refractivity contribution in [2.75, 3.05) is 7.05 Å². The lowest BCUT2D eigenvalue weighted by atomic mass is 10.1. The Morgan fingerprint density at radius 2 is 1.82 bits per heavy atom. The van der Waals surface area contributed by atoms with Crippen LogP contribution in [0.15, 0.2) is 71.1 Å². The van der Waals surface area contributed by atoms with Crippen LogP contribution < -0.4 is 0 Å². The third kappa shape index (κ3) is 3.51. The third-order valence-corrected chi connectivity index (χ3v) is 5.02. The number of aryl methyl sites for hydroxylation is 1. The summed E-state index contributed by atoms with van der Waals surface area (Å²) in [6.45, 7) is 2.30. The largest absolute Gasteiger partial charge is 0.460 e. The first-order valence-corrected chi connectivity index (χ1v) is 9.36. The maximum atomic E-state index is 13.3. The summed E-state index contributed by atoms with van der Waals surface area (Å²) in [5.74, 6) is 1.35. The van der Waals surface area contributed by atoms with Gasteiger partial charge in [0.1, 0.15) is 11.5 Å². The third-order valence-electron chi connectivity index (χ3n) is 4.65. The topological polar surface area (TPSA) is 46.3 Å². The summed E-state index contributed by atoms with van der Waals surface area (Å²) in [7, 11) is 1.78. The highest BCUT2D eigenvalue weighted by molar-refractivity contribution is 6.31. The van der Waals surface area contributed by atoms with E-state index in [4.69, 9.17) is 16.0 Å². The molecule has 2 aromatic heterocycles. The Balaban J connectivity index is 1.76. The molecule has 1 amide bonds. The highest BCUT2D eigenvalue weighted by Gasteiger charge is 2.19. The fourth-order valence-electron chi connectivity index (χ4n) is 3.21. The number of fused-ring (bicyclic) bond motifs is 1. The summed E-state index contributed by atoms with van der Waals surface area (Å²) in [4.78, 5) is 19.6. The molecule has 0 bridgehead atoms. The molecule has 140 valence electrons. The quantitative estimate of drug-likeness (QED) is 0.447. The standard InChI is InChI=1S/C23H19ClN2O2/c1-15-11-12-22(28-15)21-13-18(17-8-4-6-10-20(17)25-21)23(27)26(2)14-16-7-3-5-9-19(16)24/h3-13H,14H2,1-2H3. The highest BCUT2D eigenvalue weighted by atomic mass is 35.5. The Labute approximate surface area is 168 Å². The van der Waals surface area contributed by atoms with Crippen molar-refractivity contribution in [3.8, 4) is 11.5 Å².